The minimum atomic E-state index is 0.497. The molecule has 0 radical (unpaired) electrons. The van der Waals surface area contributed by atoms with Gasteiger partial charge >= 0.3 is 159 Å². The van der Waals surface area contributed by atoms with Gasteiger partial charge in [0.25, 0.3) is 0 Å². The van der Waals surface area contributed by atoms with E-state index in [0.29, 0.717) is 15.0 Å². The van der Waals surface area contributed by atoms with Gasteiger partial charge in [-0.1, -0.05) is 0 Å². The summed E-state index contributed by atoms with van der Waals surface area (Å²) in [5, 5.41) is 2.20. The van der Waals surface area contributed by atoms with Gasteiger partial charge in [0.1, 0.15) is 0 Å². The van der Waals surface area contributed by atoms with E-state index in [-0.39, 0.29) is 0 Å². The van der Waals surface area contributed by atoms with Crippen molar-refractivity contribution in [3.05, 3.63) is 31.1 Å². The molecule has 0 aliphatic carbocycles. The number of rotatable bonds is 0. The van der Waals surface area contributed by atoms with Crippen LogP contribution in [0.5, 0.6) is 0 Å². The van der Waals surface area contributed by atoms with E-state index >= 15 is 0 Å². The van der Waals surface area contributed by atoms with Crippen LogP contribution in [-0.2, 0) is 0 Å². The molecule has 3 aliphatic heterocycles. The van der Waals surface area contributed by atoms with Crippen molar-refractivity contribution >= 4 is 117 Å². The fraction of sp³-hybridized carbons (Fsp3) is 0.182. The summed E-state index contributed by atoms with van der Waals surface area (Å²) in [6.45, 7) is 0. The van der Waals surface area contributed by atoms with E-state index in [9.17, 15) is 0 Å². The predicted octanol–water partition coefficient (Wildman–Crippen LogP) is 4.68. The quantitative estimate of drug-likeness (QED) is 0.394. The summed E-state index contributed by atoms with van der Waals surface area (Å²) >= 11 is 19.6. The average molecular weight is 474 g/mol. The number of thioether (sulfide) groups is 5. The second-order valence-corrected chi connectivity index (χ2v) is 15.1. The Morgan fingerprint density at radius 1 is 1.00 bits per heavy atom. The first-order chi connectivity index (χ1) is 9.81. The van der Waals surface area contributed by atoms with Crippen molar-refractivity contribution in [2.24, 2.45) is 0 Å². The summed E-state index contributed by atoms with van der Waals surface area (Å²) in [7, 11) is 0. The molecule has 0 saturated heterocycles. The van der Waals surface area contributed by atoms with Crippen molar-refractivity contribution in [1.82, 2.24) is 0 Å². The zero-order valence-electron chi connectivity index (χ0n) is 9.74. The zero-order chi connectivity index (χ0) is 13.5. The van der Waals surface area contributed by atoms with E-state index in [0.717, 1.165) is 3.82 Å². The predicted molar refractivity (Wildman–Crippen MR) is 109 cm³/mol. The third-order valence-corrected chi connectivity index (χ3v) is 15.8. The average Bonchev–Trinajstić information content (AvgIpc) is 3.16. The molecule has 0 aromatic carbocycles. The van der Waals surface area contributed by atoms with E-state index in [1.807, 2.05) is 70.1 Å². The van der Waals surface area contributed by atoms with Crippen molar-refractivity contribution in [3.8, 4) is 0 Å². The van der Waals surface area contributed by atoms with Crippen LogP contribution in [0.3, 0.4) is 0 Å². The van der Waals surface area contributed by atoms with Gasteiger partial charge in [-0.3, -0.25) is 0 Å². The van der Waals surface area contributed by atoms with Gasteiger partial charge < -0.3 is 0 Å². The topological polar surface area (TPSA) is 0 Å². The van der Waals surface area contributed by atoms with Crippen molar-refractivity contribution < 1.29 is 0 Å². The van der Waals surface area contributed by atoms with Crippen LogP contribution in [0.15, 0.2) is 18.9 Å². The molecule has 0 atom stereocenters. The van der Waals surface area contributed by atoms with Crippen LogP contribution in [0.1, 0.15) is 0 Å². The molecule has 3 aliphatic rings. The molecule has 1 aromatic rings. The van der Waals surface area contributed by atoms with Crippen LogP contribution < -0.4 is 8.38 Å². The van der Waals surface area contributed by atoms with Crippen molar-refractivity contribution in [1.29, 1.82) is 0 Å². The summed E-state index contributed by atoms with van der Waals surface area (Å²) in [6, 6.07) is 0. The fourth-order valence-electron chi connectivity index (χ4n) is 1.61. The van der Waals surface area contributed by atoms with Gasteiger partial charge in [0.05, 0.1) is 0 Å². The van der Waals surface area contributed by atoms with Crippen molar-refractivity contribution in [3.63, 3.8) is 0 Å². The third kappa shape index (κ3) is 3.05. The Morgan fingerprint density at radius 2 is 1.75 bits per heavy atom. The molecule has 0 saturated carbocycles. The Bertz CT molecular complexity index is 765. The van der Waals surface area contributed by atoms with Crippen molar-refractivity contribution in [2.45, 2.75) is 0 Å². The molecule has 4 heterocycles. The first-order valence-electron chi connectivity index (χ1n) is 5.54. The van der Waals surface area contributed by atoms with E-state index in [4.69, 9.17) is 12.2 Å². The van der Waals surface area contributed by atoms with E-state index in [1.165, 1.54) is 36.4 Å². The summed E-state index contributed by atoms with van der Waals surface area (Å²) in [6.07, 6.45) is 0. The van der Waals surface area contributed by atoms with E-state index < -0.39 is 0 Å². The second kappa shape index (κ2) is 6.71. The molecule has 0 amide bonds. The molecule has 104 valence electrons. The molecule has 0 unspecified atom stereocenters. The van der Waals surface area contributed by atoms with Crippen LogP contribution in [0.2, 0.25) is 0 Å². The van der Waals surface area contributed by atoms with Gasteiger partial charge in [0.2, 0.25) is 0 Å². The maximum atomic E-state index is 5.59. The number of hydrogen-bond donors (Lipinski definition) is 0. The molecule has 1 aromatic heterocycles. The van der Waals surface area contributed by atoms with Gasteiger partial charge in [-0.15, -0.1) is 0 Å². The Morgan fingerprint density at radius 3 is 2.40 bits per heavy atom. The summed E-state index contributed by atoms with van der Waals surface area (Å²) in [5.74, 6) is 2.50. The van der Waals surface area contributed by atoms with Crippen LogP contribution in [0, 0.1) is 3.82 Å². The first kappa shape index (κ1) is 15.3. The molecule has 0 bridgehead atoms. The van der Waals surface area contributed by atoms with Gasteiger partial charge in [0, 0.05) is 0 Å². The van der Waals surface area contributed by atoms with Gasteiger partial charge in [-0.05, 0) is 0 Å². The van der Waals surface area contributed by atoms with Crippen LogP contribution in [0.4, 0.5) is 0 Å². The molecule has 0 N–H and O–H groups in total. The molecule has 0 fully saturated rings. The minimum absolute atomic E-state index is 0.497. The fourth-order valence-corrected chi connectivity index (χ4v) is 14.7. The van der Waals surface area contributed by atoms with Gasteiger partial charge in [-0.25, -0.2) is 0 Å². The van der Waals surface area contributed by atoms with E-state index in [2.05, 4.69) is 10.4 Å². The van der Waals surface area contributed by atoms with Gasteiger partial charge in [-0.2, -0.15) is 0 Å². The molecular weight excluding hydrogens is 468 g/mol. The SMILES string of the molecule is S=c1sc(=C2SC3=C(SCCS3)S2)s/c1=C1\SC=C[Se]1. The standard InChI is InChI=1S/C11H6S8Se/c12-6-5(11-15-3-4-20-11)16-9(17-6)10-18-7-8(19-10)14-2-1-13-7/h3-4H,1-2H2/b11-5+. The summed E-state index contributed by atoms with van der Waals surface area (Å²) in [4.78, 5) is 2.28. The molecule has 9 heteroatoms. The third-order valence-electron chi connectivity index (χ3n) is 2.41. The summed E-state index contributed by atoms with van der Waals surface area (Å²) < 4.78 is 9.82. The molecule has 20 heavy (non-hydrogen) atoms. The van der Waals surface area contributed by atoms with Crippen LogP contribution >= 0.6 is 93.7 Å². The van der Waals surface area contributed by atoms with Gasteiger partial charge in [0.15, 0.2) is 0 Å². The Labute approximate surface area is 157 Å². The zero-order valence-corrected chi connectivity index (χ0v) is 18.0. The normalized spacial score (nSPS) is 24.7. The first-order valence-corrected chi connectivity index (χ1v) is 13.9. The maximum absolute atomic E-state index is 5.59. The van der Waals surface area contributed by atoms with E-state index in [1.54, 1.807) is 11.3 Å². The molecule has 0 spiro atoms. The second-order valence-electron chi connectivity index (χ2n) is 3.67. The van der Waals surface area contributed by atoms with Crippen LogP contribution in [0.25, 0.3) is 8.04 Å². The Balaban J connectivity index is 1.78. The Kier molecular flexibility index (Phi) is 5.13. The summed E-state index contributed by atoms with van der Waals surface area (Å²) in [5.41, 5.74) is 0. The number of hydrogen-bond acceptors (Lipinski definition) is 8. The van der Waals surface area contributed by atoms with Crippen molar-refractivity contribution in [2.75, 3.05) is 11.5 Å². The molecule has 4 rings (SSSR count). The molecular formula is C11H6S8Se. The monoisotopic (exact) mass is 474 g/mol. The Hall–Kier alpha value is 1.76. The van der Waals surface area contributed by atoms with Crippen LogP contribution in [-0.4, -0.2) is 26.5 Å². The molecule has 0 nitrogen and oxygen atoms in total.